The Bertz CT molecular complexity index is 361. The normalized spacial score (nSPS) is 27.3. The highest BCUT2D eigenvalue weighted by atomic mass is 32.1. The number of nitrogens with zero attached hydrogens (tertiary/aromatic N) is 1. The minimum absolute atomic E-state index is 0.193. The summed E-state index contributed by atoms with van der Waals surface area (Å²) in [4.78, 5) is 10.1. The van der Waals surface area contributed by atoms with Crippen LogP contribution in [-0.4, -0.2) is 11.0 Å². The SMILES string of the molecule is CC(N)C1CC1c1csc([N+](=O)[O-])c1. The molecule has 0 aliphatic heterocycles. The van der Waals surface area contributed by atoms with Crippen molar-refractivity contribution in [3.63, 3.8) is 0 Å². The minimum atomic E-state index is -0.336. The predicted octanol–water partition coefficient (Wildman–Crippen LogP) is 2.11. The zero-order chi connectivity index (χ0) is 10.3. The second-order valence-electron chi connectivity index (χ2n) is 3.84. The Hall–Kier alpha value is -0.940. The molecule has 0 amide bonds. The quantitative estimate of drug-likeness (QED) is 0.616. The standard InChI is InChI=1S/C9H12N2O2S/c1-5(10)7-3-8(7)6-2-9(11(12)13)14-4-6/h2,4-5,7-8H,3,10H2,1H3. The summed E-state index contributed by atoms with van der Waals surface area (Å²) < 4.78 is 0. The third kappa shape index (κ3) is 1.65. The highest BCUT2D eigenvalue weighted by molar-refractivity contribution is 7.13. The van der Waals surface area contributed by atoms with Gasteiger partial charge in [-0.1, -0.05) is 11.3 Å². The van der Waals surface area contributed by atoms with Crippen LogP contribution in [-0.2, 0) is 0 Å². The molecule has 76 valence electrons. The average molecular weight is 212 g/mol. The van der Waals surface area contributed by atoms with Gasteiger partial charge in [0.1, 0.15) is 0 Å². The van der Waals surface area contributed by atoms with Crippen LogP contribution >= 0.6 is 11.3 Å². The van der Waals surface area contributed by atoms with Crippen LogP contribution in [0.15, 0.2) is 11.4 Å². The maximum atomic E-state index is 10.5. The highest BCUT2D eigenvalue weighted by Gasteiger charge is 2.41. The van der Waals surface area contributed by atoms with E-state index >= 15 is 0 Å². The van der Waals surface area contributed by atoms with E-state index in [0.717, 1.165) is 12.0 Å². The van der Waals surface area contributed by atoms with Crippen molar-refractivity contribution in [2.24, 2.45) is 11.7 Å². The molecule has 0 saturated heterocycles. The van der Waals surface area contributed by atoms with Crippen molar-refractivity contribution in [2.45, 2.75) is 25.3 Å². The lowest BCUT2D eigenvalue weighted by atomic mass is 10.1. The zero-order valence-electron chi connectivity index (χ0n) is 7.84. The molecular formula is C9H12N2O2S. The van der Waals surface area contributed by atoms with Crippen LogP contribution in [0.2, 0.25) is 0 Å². The summed E-state index contributed by atoms with van der Waals surface area (Å²) in [6.07, 6.45) is 1.07. The van der Waals surface area contributed by atoms with Crippen LogP contribution in [0.4, 0.5) is 5.00 Å². The molecule has 1 saturated carbocycles. The molecule has 0 bridgehead atoms. The van der Waals surface area contributed by atoms with E-state index < -0.39 is 0 Å². The summed E-state index contributed by atoms with van der Waals surface area (Å²) >= 11 is 1.20. The lowest BCUT2D eigenvalue weighted by molar-refractivity contribution is -0.380. The number of rotatable bonds is 3. The molecule has 1 heterocycles. The summed E-state index contributed by atoms with van der Waals surface area (Å²) in [5, 5.41) is 12.6. The second-order valence-corrected chi connectivity index (χ2v) is 4.73. The lowest BCUT2D eigenvalue weighted by Crippen LogP contribution is -2.17. The van der Waals surface area contributed by atoms with Gasteiger partial charge in [0.25, 0.3) is 0 Å². The van der Waals surface area contributed by atoms with Crippen molar-refractivity contribution in [3.05, 3.63) is 27.1 Å². The van der Waals surface area contributed by atoms with E-state index in [9.17, 15) is 10.1 Å². The average Bonchev–Trinajstić information content (AvgIpc) is 2.76. The van der Waals surface area contributed by atoms with E-state index in [1.165, 1.54) is 11.3 Å². The van der Waals surface area contributed by atoms with Crippen LogP contribution in [0.3, 0.4) is 0 Å². The fraction of sp³-hybridized carbons (Fsp3) is 0.556. The largest absolute Gasteiger partial charge is 0.328 e. The highest BCUT2D eigenvalue weighted by Crippen LogP contribution is 2.50. The van der Waals surface area contributed by atoms with E-state index in [0.29, 0.717) is 11.8 Å². The number of hydrogen-bond acceptors (Lipinski definition) is 4. The fourth-order valence-corrected chi connectivity index (χ4v) is 2.60. The third-order valence-corrected chi connectivity index (χ3v) is 3.63. The number of nitro groups is 1. The van der Waals surface area contributed by atoms with Crippen molar-refractivity contribution in [3.8, 4) is 0 Å². The van der Waals surface area contributed by atoms with Crippen molar-refractivity contribution in [2.75, 3.05) is 0 Å². The maximum Gasteiger partial charge on any atom is 0.324 e. The van der Waals surface area contributed by atoms with Gasteiger partial charge < -0.3 is 5.73 Å². The molecule has 1 aromatic rings. The molecule has 5 heteroatoms. The Morgan fingerprint density at radius 1 is 1.79 bits per heavy atom. The molecule has 3 unspecified atom stereocenters. The molecule has 0 radical (unpaired) electrons. The van der Waals surface area contributed by atoms with Gasteiger partial charge in [0.2, 0.25) is 0 Å². The first-order valence-electron chi connectivity index (χ1n) is 4.58. The predicted molar refractivity (Wildman–Crippen MR) is 55.5 cm³/mol. The molecule has 1 fully saturated rings. The molecule has 0 aromatic carbocycles. The van der Waals surface area contributed by atoms with Gasteiger partial charge in [-0.25, -0.2) is 0 Å². The first-order valence-corrected chi connectivity index (χ1v) is 5.46. The summed E-state index contributed by atoms with van der Waals surface area (Å²) in [7, 11) is 0. The van der Waals surface area contributed by atoms with E-state index in [-0.39, 0.29) is 16.0 Å². The van der Waals surface area contributed by atoms with Crippen molar-refractivity contribution in [1.82, 2.24) is 0 Å². The fourth-order valence-electron chi connectivity index (χ4n) is 1.81. The van der Waals surface area contributed by atoms with Gasteiger partial charge in [0, 0.05) is 17.5 Å². The van der Waals surface area contributed by atoms with E-state index in [2.05, 4.69) is 0 Å². The van der Waals surface area contributed by atoms with E-state index in [1.54, 1.807) is 6.07 Å². The van der Waals surface area contributed by atoms with Crippen molar-refractivity contribution < 1.29 is 4.92 Å². The number of thiophene rings is 1. The van der Waals surface area contributed by atoms with Crippen molar-refractivity contribution in [1.29, 1.82) is 0 Å². The summed E-state index contributed by atoms with van der Waals surface area (Å²) in [6.45, 7) is 1.99. The molecule has 14 heavy (non-hydrogen) atoms. The Labute approximate surface area is 85.9 Å². The molecule has 2 rings (SSSR count). The number of hydrogen-bond donors (Lipinski definition) is 1. The summed E-state index contributed by atoms with van der Waals surface area (Å²) in [5.41, 5.74) is 6.85. The third-order valence-electron chi connectivity index (χ3n) is 2.73. The van der Waals surface area contributed by atoms with Crippen LogP contribution < -0.4 is 5.73 Å². The van der Waals surface area contributed by atoms with Crippen LogP contribution in [0, 0.1) is 16.0 Å². The van der Waals surface area contributed by atoms with Gasteiger partial charge in [-0.15, -0.1) is 0 Å². The second kappa shape index (κ2) is 3.33. The Morgan fingerprint density at radius 2 is 2.50 bits per heavy atom. The molecule has 2 N–H and O–H groups in total. The Morgan fingerprint density at radius 3 is 2.93 bits per heavy atom. The summed E-state index contributed by atoms with van der Waals surface area (Å²) in [5.74, 6) is 0.976. The monoisotopic (exact) mass is 212 g/mol. The van der Waals surface area contributed by atoms with E-state index in [4.69, 9.17) is 5.73 Å². The van der Waals surface area contributed by atoms with Crippen molar-refractivity contribution >= 4 is 16.3 Å². The van der Waals surface area contributed by atoms with Gasteiger partial charge in [0.05, 0.1) is 4.92 Å². The Kier molecular flexibility index (Phi) is 2.28. The first-order chi connectivity index (χ1) is 6.59. The zero-order valence-corrected chi connectivity index (χ0v) is 8.66. The van der Waals surface area contributed by atoms with Crippen LogP contribution in [0.1, 0.15) is 24.8 Å². The topological polar surface area (TPSA) is 69.2 Å². The Balaban J connectivity index is 2.09. The van der Waals surface area contributed by atoms with Gasteiger partial charge in [0.15, 0.2) is 0 Å². The summed E-state index contributed by atoms with van der Waals surface area (Å²) in [6, 6.07) is 1.87. The molecule has 1 aliphatic rings. The lowest BCUT2D eigenvalue weighted by Gasteiger charge is -2.00. The molecule has 1 aromatic heterocycles. The molecule has 3 atom stereocenters. The minimum Gasteiger partial charge on any atom is -0.328 e. The van der Waals surface area contributed by atoms with Gasteiger partial charge >= 0.3 is 5.00 Å². The molecule has 4 nitrogen and oxygen atoms in total. The van der Waals surface area contributed by atoms with Crippen LogP contribution in [0.5, 0.6) is 0 Å². The molecular weight excluding hydrogens is 200 g/mol. The first kappa shape index (κ1) is 9.61. The van der Waals surface area contributed by atoms with Crippen LogP contribution in [0.25, 0.3) is 0 Å². The van der Waals surface area contributed by atoms with Gasteiger partial charge in [-0.2, -0.15) is 0 Å². The van der Waals surface area contributed by atoms with Gasteiger partial charge in [-0.05, 0) is 30.7 Å². The van der Waals surface area contributed by atoms with E-state index in [1.807, 2.05) is 12.3 Å². The maximum absolute atomic E-state index is 10.5. The number of nitrogens with two attached hydrogens (primary N) is 1. The van der Waals surface area contributed by atoms with Gasteiger partial charge in [-0.3, -0.25) is 10.1 Å². The molecule has 1 aliphatic carbocycles. The smallest absolute Gasteiger partial charge is 0.324 e. The molecule has 0 spiro atoms.